The quantitative estimate of drug-likeness (QED) is 0.278. The van der Waals surface area contributed by atoms with Crippen LogP contribution in [0.15, 0.2) is 53.4 Å². The standard InChI is InChI=1S/C23H21ClN2O4S2/c24-17-9-5-15(6-10-17)14-19-21(28)26(23(31)32-19)13-3-1-2-4-20(27)25-18-11-7-16(8-12-18)22(29)30/h5-12,14H,1-4,13H2,(H,25,27)(H,29,30)/b19-14-. The van der Waals surface area contributed by atoms with Gasteiger partial charge in [-0.05, 0) is 60.9 Å². The Balaban J connectivity index is 1.40. The fourth-order valence-electron chi connectivity index (χ4n) is 3.06. The minimum Gasteiger partial charge on any atom is -0.478 e. The maximum absolute atomic E-state index is 12.7. The molecule has 9 heteroatoms. The zero-order valence-electron chi connectivity index (χ0n) is 17.0. The van der Waals surface area contributed by atoms with Crippen molar-refractivity contribution in [1.82, 2.24) is 4.90 Å². The Morgan fingerprint density at radius 3 is 2.41 bits per heavy atom. The Hall–Kier alpha value is -2.68. The van der Waals surface area contributed by atoms with E-state index in [4.69, 9.17) is 28.9 Å². The summed E-state index contributed by atoms with van der Waals surface area (Å²) in [6.07, 6.45) is 4.34. The molecule has 2 aromatic rings. The van der Waals surface area contributed by atoms with Crippen LogP contribution >= 0.6 is 35.6 Å². The summed E-state index contributed by atoms with van der Waals surface area (Å²) in [5.74, 6) is -1.24. The predicted octanol–water partition coefficient (Wildman–Crippen LogP) is 5.44. The molecule has 32 heavy (non-hydrogen) atoms. The molecule has 0 atom stereocenters. The van der Waals surface area contributed by atoms with E-state index in [0.717, 1.165) is 18.4 Å². The maximum Gasteiger partial charge on any atom is 0.335 e. The summed E-state index contributed by atoms with van der Waals surface area (Å²) in [6.45, 7) is 0.515. The molecule has 0 aliphatic carbocycles. The third-order valence-electron chi connectivity index (χ3n) is 4.74. The SMILES string of the molecule is O=C(CCCCCN1C(=O)/C(=C/c2ccc(Cl)cc2)SC1=S)Nc1ccc(C(=O)O)cc1. The van der Waals surface area contributed by atoms with Gasteiger partial charge in [0.2, 0.25) is 5.91 Å². The van der Waals surface area contributed by atoms with Crippen molar-refractivity contribution >= 4 is 69.4 Å². The number of nitrogens with zero attached hydrogens (tertiary/aromatic N) is 1. The fourth-order valence-corrected chi connectivity index (χ4v) is 4.49. The molecule has 1 aliphatic heterocycles. The van der Waals surface area contributed by atoms with Gasteiger partial charge in [-0.25, -0.2) is 4.79 Å². The number of carboxylic acid groups (broad SMARTS) is 1. The smallest absolute Gasteiger partial charge is 0.335 e. The first-order chi connectivity index (χ1) is 15.3. The summed E-state index contributed by atoms with van der Waals surface area (Å²) < 4.78 is 0.540. The van der Waals surface area contributed by atoms with Crippen LogP contribution < -0.4 is 5.32 Å². The van der Waals surface area contributed by atoms with Crippen molar-refractivity contribution in [1.29, 1.82) is 0 Å². The molecule has 1 fully saturated rings. The molecule has 0 bridgehead atoms. The van der Waals surface area contributed by atoms with Crippen LogP contribution in [0.5, 0.6) is 0 Å². The minimum absolute atomic E-state index is 0.0995. The number of rotatable bonds is 9. The van der Waals surface area contributed by atoms with Gasteiger partial charge in [0.25, 0.3) is 5.91 Å². The third-order valence-corrected chi connectivity index (χ3v) is 6.37. The van der Waals surface area contributed by atoms with E-state index in [1.165, 1.54) is 23.9 Å². The van der Waals surface area contributed by atoms with Crippen LogP contribution in [-0.4, -0.2) is 38.7 Å². The number of aromatic carboxylic acids is 1. The van der Waals surface area contributed by atoms with Gasteiger partial charge >= 0.3 is 5.97 Å². The molecule has 0 saturated carbocycles. The van der Waals surface area contributed by atoms with Crippen LogP contribution in [0.25, 0.3) is 6.08 Å². The first-order valence-corrected chi connectivity index (χ1v) is 11.6. The Labute approximate surface area is 200 Å². The van der Waals surface area contributed by atoms with Crippen LogP contribution in [0.2, 0.25) is 5.02 Å². The first-order valence-electron chi connectivity index (χ1n) is 9.97. The van der Waals surface area contributed by atoms with Crippen LogP contribution in [0, 0.1) is 0 Å². The van der Waals surface area contributed by atoms with Crippen molar-refractivity contribution in [3.05, 3.63) is 69.6 Å². The van der Waals surface area contributed by atoms with E-state index in [-0.39, 0.29) is 17.4 Å². The van der Waals surface area contributed by atoms with Crippen LogP contribution in [0.4, 0.5) is 5.69 Å². The molecular weight excluding hydrogens is 468 g/mol. The molecule has 2 aromatic carbocycles. The highest BCUT2D eigenvalue weighted by molar-refractivity contribution is 8.26. The topological polar surface area (TPSA) is 86.7 Å². The Kier molecular flexibility index (Phi) is 8.44. The van der Waals surface area contributed by atoms with Crippen molar-refractivity contribution < 1.29 is 19.5 Å². The second-order valence-corrected chi connectivity index (χ2v) is 9.24. The van der Waals surface area contributed by atoms with Gasteiger partial charge in [-0.15, -0.1) is 0 Å². The molecular formula is C23H21ClN2O4S2. The number of carbonyl (C=O) groups excluding carboxylic acids is 2. The second-order valence-electron chi connectivity index (χ2n) is 7.13. The van der Waals surface area contributed by atoms with Crippen molar-refractivity contribution in [3.63, 3.8) is 0 Å². The lowest BCUT2D eigenvalue weighted by molar-refractivity contribution is -0.122. The van der Waals surface area contributed by atoms with Gasteiger partial charge in [0.05, 0.1) is 10.5 Å². The summed E-state index contributed by atoms with van der Waals surface area (Å²) in [6, 6.07) is 13.3. The third kappa shape index (κ3) is 6.66. The molecule has 2 amide bonds. The number of carboxylic acids is 1. The number of thiocarbonyl (C=S) groups is 1. The maximum atomic E-state index is 12.7. The number of anilines is 1. The van der Waals surface area contributed by atoms with Crippen molar-refractivity contribution in [2.24, 2.45) is 0 Å². The number of hydrogen-bond donors (Lipinski definition) is 2. The zero-order valence-corrected chi connectivity index (χ0v) is 19.4. The van der Waals surface area contributed by atoms with Gasteiger partial charge in [0.1, 0.15) is 4.32 Å². The van der Waals surface area contributed by atoms with E-state index in [1.807, 2.05) is 18.2 Å². The average molecular weight is 489 g/mol. The van der Waals surface area contributed by atoms with E-state index >= 15 is 0 Å². The molecule has 0 radical (unpaired) electrons. The summed E-state index contributed by atoms with van der Waals surface area (Å²) in [4.78, 5) is 37.8. The van der Waals surface area contributed by atoms with Gasteiger partial charge in [0, 0.05) is 23.7 Å². The molecule has 0 aromatic heterocycles. The van der Waals surface area contributed by atoms with Crippen LogP contribution in [0.3, 0.4) is 0 Å². The zero-order chi connectivity index (χ0) is 23.1. The highest BCUT2D eigenvalue weighted by Crippen LogP contribution is 2.33. The van der Waals surface area contributed by atoms with E-state index in [1.54, 1.807) is 29.2 Å². The lowest BCUT2D eigenvalue weighted by Gasteiger charge is -2.14. The lowest BCUT2D eigenvalue weighted by Crippen LogP contribution is -2.29. The van der Waals surface area contributed by atoms with Crippen LogP contribution in [0.1, 0.15) is 41.6 Å². The van der Waals surface area contributed by atoms with Gasteiger partial charge in [-0.2, -0.15) is 0 Å². The number of halogens is 1. The number of carbonyl (C=O) groups is 3. The Morgan fingerprint density at radius 1 is 1.06 bits per heavy atom. The monoisotopic (exact) mass is 488 g/mol. The number of benzene rings is 2. The molecule has 1 saturated heterocycles. The summed E-state index contributed by atoms with van der Waals surface area (Å²) >= 11 is 12.5. The average Bonchev–Trinajstić information content (AvgIpc) is 3.02. The predicted molar refractivity (Wildman–Crippen MR) is 132 cm³/mol. The molecule has 6 nitrogen and oxygen atoms in total. The lowest BCUT2D eigenvalue weighted by atomic mass is 10.1. The summed E-state index contributed by atoms with van der Waals surface area (Å²) in [5.41, 5.74) is 1.62. The fraction of sp³-hybridized carbons (Fsp3) is 0.217. The molecule has 1 aliphatic rings. The van der Waals surface area contributed by atoms with E-state index < -0.39 is 5.97 Å². The number of thioether (sulfide) groups is 1. The number of hydrogen-bond acceptors (Lipinski definition) is 5. The molecule has 2 N–H and O–H groups in total. The highest BCUT2D eigenvalue weighted by atomic mass is 35.5. The van der Waals surface area contributed by atoms with Crippen molar-refractivity contribution in [3.8, 4) is 0 Å². The van der Waals surface area contributed by atoms with Crippen LogP contribution in [-0.2, 0) is 9.59 Å². The Bertz CT molecular complexity index is 1050. The number of amides is 2. The molecule has 0 unspecified atom stereocenters. The minimum atomic E-state index is -1.01. The second kappa shape index (κ2) is 11.3. The van der Waals surface area contributed by atoms with Gasteiger partial charge < -0.3 is 10.4 Å². The molecule has 166 valence electrons. The normalized spacial score (nSPS) is 14.8. The van der Waals surface area contributed by atoms with Crippen molar-refractivity contribution in [2.45, 2.75) is 25.7 Å². The molecule has 3 rings (SSSR count). The van der Waals surface area contributed by atoms with E-state index in [0.29, 0.717) is 39.3 Å². The molecule has 1 heterocycles. The largest absolute Gasteiger partial charge is 0.478 e. The van der Waals surface area contributed by atoms with Crippen molar-refractivity contribution in [2.75, 3.05) is 11.9 Å². The van der Waals surface area contributed by atoms with E-state index in [2.05, 4.69) is 5.32 Å². The first kappa shape index (κ1) is 24.0. The number of unbranched alkanes of at least 4 members (excludes halogenated alkanes) is 2. The van der Waals surface area contributed by atoms with Gasteiger partial charge in [0.15, 0.2) is 0 Å². The summed E-state index contributed by atoms with van der Waals surface area (Å²) in [7, 11) is 0. The van der Waals surface area contributed by atoms with Gasteiger partial charge in [-0.3, -0.25) is 14.5 Å². The Morgan fingerprint density at radius 2 is 1.75 bits per heavy atom. The van der Waals surface area contributed by atoms with Gasteiger partial charge in [-0.1, -0.05) is 54.1 Å². The number of nitrogens with one attached hydrogen (secondary N) is 1. The molecule has 0 spiro atoms. The highest BCUT2D eigenvalue weighted by Gasteiger charge is 2.31. The van der Waals surface area contributed by atoms with E-state index in [9.17, 15) is 14.4 Å². The summed E-state index contributed by atoms with van der Waals surface area (Å²) in [5, 5.41) is 12.3.